The van der Waals surface area contributed by atoms with E-state index in [0.717, 1.165) is 12.8 Å². The van der Waals surface area contributed by atoms with Gasteiger partial charge >= 0.3 is 0 Å². The Morgan fingerprint density at radius 3 is 2.57 bits per heavy atom. The highest BCUT2D eigenvalue weighted by atomic mass is 32.1. The minimum Gasteiger partial charge on any atom is -0.397 e. The lowest BCUT2D eigenvalue weighted by Crippen LogP contribution is -2.28. The van der Waals surface area contributed by atoms with Crippen molar-refractivity contribution in [3.63, 3.8) is 0 Å². The van der Waals surface area contributed by atoms with E-state index >= 15 is 0 Å². The summed E-state index contributed by atoms with van der Waals surface area (Å²) in [7, 11) is 0. The van der Waals surface area contributed by atoms with Crippen LogP contribution in [0.3, 0.4) is 0 Å². The van der Waals surface area contributed by atoms with Crippen molar-refractivity contribution in [1.82, 2.24) is 4.90 Å². The Morgan fingerprint density at radius 2 is 1.93 bits per heavy atom. The topological polar surface area (TPSA) is 105 Å². The average Bonchev–Trinajstić information content (AvgIpc) is 3.30. The van der Waals surface area contributed by atoms with Crippen molar-refractivity contribution < 1.29 is 14.4 Å². The third kappa shape index (κ3) is 4.01. The first kappa shape index (κ1) is 19.9. The highest BCUT2D eigenvalue weighted by Gasteiger charge is 2.29. The number of likely N-dealkylation sites (tertiary alicyclic amines) is 1. The molecule has 7 nitrogen and oxygen atoms in total. The van der Waals surface area contributed by atoms with E-state index in [1.165, 1.54) is 18.3 Å². The normalized spacial score (nSPS) is 13.4. The molecule has 1 fully saturated rings. The number of nitrogens with one attached hydrogen (secondary N) is 2. The fourth-order valence-electron chi connectivity index (χ4n) is 3.19. The fourth-order valence-corrected chi connectivity index (χ4v) is 4.27. The number of nitrogens with two attached hydrogens (primary N) is 1. The molecule has 2 heterocycles. The van der Waals surface area contributed by atoms with E-state index in [0.29, 0.717) is 41.4 Å². The van der Waals surface area contributed by atoms with Crippen LogP contribution in [0.25, 0.3) is 0 Å². The molecule has 1 aromatic carbocycles. The number of nitrogen functional groups attached to an aromatic ring is 1. The third-order valence-electron chi connectivity index (χ3n) is 4.62. The molecule has 3 rings (SSSR count). The molecule has 0 aliphatic carbocycles. The van der Waals surface area contributed by atoms with E-state index in [1.807, 2.05) is 6.92 Å². The highest BCUT2D eigenvalue weighted by Crippen LogP contribution is 2.37. The van der Waals surface area contributed by atoms with E-state index in [4.69, 9.17) is 5.73 Å². The summed E-state index contributed by atoms with van der Waals surface area (Å²) in [6.45, 7) is 5.42. The number of anilines is 3. The van der Waals surface area contributed by atoms with Gasteiger partial charge in [-0.3, -0.25) is 14.4 Å². The van der Waals surface area contributed by atoms with Crippen molar-refractivity contribution in [1.29, 1.82) is 0 Å². The first-order valence-electron chi connectivity index (χ1n) is 9.30. The molecule has 28 heavy (non-hydrogen) atoms. The third-order valence-corrected chi connectivity index (χ3v) is 5.78. The van der Waals surface area contributed by atoms with Gasteiger partial charge in [0.1, 0.15) is 9.88 Å². The Labute approximate surface area is 167 Å². The first-order valence-corrected chi connectivity index (χ1v) is 10.1. The highest BCUT2D eigenvalue weighted by molar-refractivity contribution is 7.19. The largest absolute Gasteiger partial charge is 0.397 e. The van der Waals surface area contributed by atoms with Gasteiger partial charge in [-0.15, -0.1) is 11.3 Å². The Hall–Kier alpha value is -2.87. The average molecular weight is 401 g/mol. The van der Waals surface area contributed by atoms with Gasteiger partial charge < -0.3 is 21.3 Å². The maximum absolute atomic E-state index is 12.9. The number of thiophene rings is 1. The predicted octanol–water partition coefficient (Wildman–Crippen LogP) is 3.45. The molecule has 0 bridgehead atoms. The fraction of sp³-hybridized carbons (Fsp3) is 0.350. The first-order chi connectivity index (χ1) is 13.4. The van der Waals surface area contributed by atoms with Crippen LogP contribution in [0, 0.1) is 0 Å². The van der Waals surface area contributed by atoms with E-state index in [-0.39, 0.29) is 22.3 Å². The molecule has 0 atom stereocenters. The Balaban J connectivity index is 1.89. The monoisotopic (exact) mass is 400 g/mol. The van der Waals surface area contributed by atoms with Gasteiger partial charge in [-0.05, 0) is 38.8 Å². The molecule has 1 aliphatic heterocycles. The standard InChI is InChI=1S/C20H24N4O3S/c1-3-22-19-15(20(27)24-9-4-5-10-24)16(21)17(28-19)18(26)23-14-8-6-7-13(11-14)12(2)25/h6-8,11,22H,3-5,9-10,21H2,1-2H3,(H,23,26). The van der Waals surface area contributed by atoms with Crippen molar-refractivity contribution in [2.75, 3.05) is 36.0 Å². The number of carbonyl (C=O) groups excluding carboxylic acids is 3. The van der Waals surface area contributed by atoms with Crippen molar-refractivity contribution in [2.45, 2.75) is 26.7 Å². The van der Waals surface area contributed by atoms with Crippen molar-refractivity contribution in [3.05, 3.63) is 40.3 Å². The number of rotatable bonds is 6. The zero-order chi connectivity index (χ0) is 20.3. The van der Waals surface area contributed by atoms with Crippen LogP contribution in [0.5, 0.6) is 0 Å². The molecule has 148 valence electrons. The molecule has 0 radical (unpaired) electrons. The molecule has 1 aromatic heterocycles. The zero-order valence-corrected chi connectivity index (χ0v) is 16.8. The van der Waals surface area contributed by atoms with Gasteiger partial charge in [-0.2, -0.15) is 0 Å². The van der Waals surface area contributed by atoms with Crippen molar-refractivity contribution in [3.8, 4) is 0 Å². The molecule has 2 amide bonds. The lowest BCUT2D eigenvalue weighted by Gasteiger charge is -2.16. The van der Waals surface area contributed by atoms with Crippen LogP contribution in [0.1, 0.15) is 57.1 Å². The molecule has 4 N–H and O–H groups in total. The number of ketones is 1. The summed E-state index contributed by atoms with van der Waals surface area (Å²) in [5.41, 5.74) is 7.82. The summed E-state index contributed by atoms with van der Waals surface area (Å²) in [4.78, 5) is 39.3. The van der Waals surface area contributed by atoms with Gasteiger partial charge in [-0.25, -0.2) is 0 Å². The number of carbonyl (C=O) groups is 3. The maximum atomic E-state index is 12.9. The molecule has 0 saturated carbocycles. The summed E-state index contributed by atoms with van der Waals surface area (Å²) >= 11 is 1.17. The summed E-state index contributed by atoms with van der Waals surface area (Å²) in [5, 5.41) is 6.53. The number of amides is 2. The second kappa shape index (κ2) is 8.43. The number of hydrogen-bond acceptors (Lipinski definition) is 6. The number of benzene rings is 1. The molecular weight excluding hydrogens is 376 g/mol. The lowest BCUT2D eigenvalue weighted by molar-refractivity contribution is 0.0795. The second-order valence-electron chi connectivity index (χ2n) is 6.67. The van der Waals surface area contributed by atoms with Gasteiger partial charge in [0.05, 0.1) is 11.3 Å². The molecule has 0 spiro atoms. The smallest absolute Gasteiger partial charge is 0.267 e. The minimum atomic E-state index is -0.400. The molecule has 0 unspecified atom stereocenters. The van der Waals surface area contributed by atoms with Crippen molar-refractivity contribution >= 4 is 45.3 Å². The van der Waals surface area contributed by atoms with E-state index < -0.39 is 5.91 Å². The molecule has 1 aliphatic rings. The molecule has 2 aromatic rings. The number of hydrogen-bond donors (Lipinski definition) is 3. The van der Waals surface area contributed by atoms with Crippen LogP contribution in [-0.4, -0.2) is 42.1 Å². The van der Waals surface area contributed by atoms with E-state index in [1.54, 1.807) is 29.2 Å². The van der Waals surface area contributed by atoms with Gasteiger partial charge in [0, 0.05) is 30.9 Å². The Bertz CT molecular complexity index is 916. The van der Waals surface area contributed by atoms with Crippen LogP contribution in [0.15, 0.2) is 24.3 Å². The lowest BCUT2D eigenvalue weighted by atomic mass is 10.1. The number of nitrogens with zero attached hydrogens (tertiary/aromatic N) is 1. The van der Waals surface area contributed by atoms with Crippen LogP contribution < -0.4 is 16.4 Å². The second-order valence-corrected chi connectivity index (χ2v) is 7.69. The van der Waals surface area contributed by atoms with Gasteiger partial charge in [-0.1, -0.05) is 12.1 Å². The van der Waals surface area contributed by atoms with E-state index in [9.17, 15) is 14.4 Å². The molecule has 8 heteroatoms. The van der Waals surface area contributed by atoms with Crippen molar-refractivity contribution in [2.24, 2.45) is 0 Å². The van der Waals surface area contributed by atoms with Crippen LogP contribution >= 0.6 is 11.3 Å². The minimum absolute atomic E-state index is 0.0836. The summed E-state index contributed by atoms with van der Waals surface area (Å²) < 4.78 is 0. The Kier molecular flexibility index (Phi) is 5.99. The van der Waals surface area contributed by atoms with E-state index in [2.05, 4.69) is 10.6 Å². The predicted molar refractivity (Wildman–Crippen MR) is 112 cm³/mol. The zero-order valence-electron chi connectivity index (χ0n) is 16.0. The van der Waals surface area contributed by atoms with Gasteiger partial charge in [0.2, 0.25) is 0 Å². The SMILES string of the molecule is CCNc1sc(C(=O)Nc2cccc(C(C)=O)c2)c(N)c1C(=O)N1CCCC1. The Morgan fingerprint density at radius 1 is 1.21 bits per heavy atom. The van der Waals surface area contributed by atoms with Crippen LogP contribution in [-0.2, 0) is 0 Å². The summed E-state index contributed by atoms with van der Waals surface area (Å²) in [6, 6.07) is 6.71. The molecular formula is C20H24N4O3S. The van der Waals surface area contributed by atoms with Gasteiger partial charge in [0.15, 0.2) is 5.78 Å². The van der Waals surface area contributed by atoms with Crippen LogP contribution in [0.2, 0.25) is 0 Å². The summed E-state index contributed by atoms with van der Waals surface area (Å²) in [6.07, 6.45) is 1.96. The number of Topliss-reactive ketones (excluding diaryl/α,β-unsaturated/α-hetero) is 1. The maximum Gasteiger partial charge on any atom is 0.267 e. The van der Waals surface area contributed by atoms with Crippen LogP contribution in [0.4, 0.5) is 16.4 Å². The van der Waals surface area contributed by atoms with Gasteiger partial charge in [0.25, 0.3) is 11.8 Å². The quantitative estimate of drug-likeness (QED) is 0.644. The molecule has 1 saturated heterocycles. The summed E-state index contributed by atoms with van der Waals surface area (Å²) in [5.74, 6) is -0.623.